The molecule has 1 aromatic heterocycles. The van der Waals surface area contributed by atoms with Crippen LogP contribution in [0.15, 0.2) is 30.6 Å². The van der Waals surface area contributed by atoms with Crippen LogP contribution < -0.4 is 5.32 Å². The third-order valence-corrected chi connectivity index (χ3v) is 2.21. The largest absolute Gasteiger partial charge is 0.310 e. The summed E-state index contributed by atoms with van der Waals surface area (Å²) in [6.45, 7) is 5.87. The molecule has 0 radical (unpaired) electrons. The molecule has 1 unspecified atom stereocenters. The number of halogens is 1. The van der Waals surface area contributed by atoms with Crippen molar-refractivity contribution >= 4 is 11.6 Å². The van der Waals surface area contributed by atoms with Crippen LogP contribution in [-0.4, -0.2) is 12.0 Å². The van der Waals surface area contributed by atoms with Gasteiger partial charge in [0.2, 0.25) is 0 Å². The lowest BCUT2D eigenvalue weighted by Crippen LogP contribution is -2.17. The lowest BCUT2D eigenvalue weighted by atomic mass is 10.0. The zero-order chi connectivity index (χ0) is 9.84. The topological polar surface area (TPSA) is 24.9 Å². The van der Waals surface area contributed by atoms with Gasteiger partial charge in [0.15, 0.2) is 0 Å². The van der Waals surface area contributed by atoms with Gasteiger partial charge in [-0.3, -0.25) is 4.98 Å². The number of hydrogen-bond donors (Lipinski definition) is 1. The molecule has 0 fully saturated rings. The van der Waals surface area contributed by atoms with E-state index in [9.17, 15) is 0 Å². The van der Waals surface area contributed by atoms with Crippen molar-refractivity contribution in [3.05, 3.63) is 41.2 Å². The van der Waals surface area contributed by atoms with E-state index in [-0.39, 0.29) is 6.04 Å². The smallest absolute Gasteiger partial charge is 0.0640 e. The zero-order valence-electron chi connectivity index (χ0n) is 7.84. The molecule has 1 heterocycles. The first-order valence-electron chi connectivity index (χ1n) is 4.09. The maximum atomic E-state index is 6.00. The fraction of sp³-hybridized carbons (Fsp3) is 0.300. The number of rotatable bonds is 3. The highest BCUT2D eigenvalue weighted by Crippen LogP contribution is 2.25. The van der Waals surface area contributed by atoms with Crippen LogP contribution in [0.1, 0.15) is 18.5 Å². The van der Waals surface area contributed by atoms with Crippen molar-refractivity contribution in [2.24, 2.45) is 0 Å². The predicted molar refractivity (Wildman–Crippen MR) is 55.9 cm³/mol. The van der Waals surface area contributed by atoms with E-state index >= 15 is 0 Å². The van der Waals surface area contributed by atoms with Crippen molar-refractivity contribution < 1.29 is 0 Å². The van der Waals surface area contributed by atoms with Gasteiger partial charge in [0.1, 0.15) is 0 Å². The van der Waals surface area contributed by atoms with Crippen LogP contribution in [-0.2, 0) is 0 Å². The van der Waals surface area contributed by atoms with E-state index in [1.807, 2.05) is 20.0 Å². The molecule has 0 saturated heterocycles. The molecule has 2 nitrogen and oxygen atoms in total. The van der Waals surface area contributed by atoms with Crippen molar-refractivity contribution in [2.45, 2.75) is 13.0 Å². The Kier molecular flexibility index (Phi) is 3.46. The number of likely N-dealkylation sites (N-methyl/N-ethyl adjacent to an activating group) is 1. The van der Waals surface area contributed by atoms with Crippen LogP contribution in [0.3, 0.4) is 0 Å². The normalized spacial score (nSPS) is 12.5. The first kappa shape index (κ1) is 10.2. The summed E-state index contributed by atoms with van der Waals surface area (Å²) in [4.78, 5) is 3.93. The van der Waals surface area contributed by atoms with Gasteiger partial charge < -0.3 is 5.32 Å². The van der Waals surface area contributed by atoms with Gasteiger partial charge in [-0.2, -0.15) is 0 Å². The summed E-state index contributed by atoms with van der Waals surface area (Å²) < 4.78 is 0. The Hall–Kier alpha value is -0.860. The Morgan fingerprint density at radius 1 is 1.69 bits per heavy atom. The molecule has 3 heteroatoms. The SMILES string of the molecule is C=C(C)C(NC)c1ccncc1Cl. The van der Waals surface area contributed by atoms with Crippen molar-refractivity contribution in [2.75, 3.05) is 7.05 Å². The summed E-state index contributed by atoms with van der Waals surface area (Å²) in [5, 5.41) is 3.82. The summed E-state index contributed by atoms with van der Waals surface area (Å²) in [7, 11) is 1.89. The molecule has 0 bridgehead atoms. The summed E-state index contributed by atoms with van der Waals surface area (Å²) in [5.41, 5.74) is 2.06. The molecular weight excluding hydrogens is 184 g/mol. The van der Waals surface area contributed by atoms with E-state index in [0.717, 1.165) is 11.1 Å². The summed E-state index contributed by atoms with van der Waals surface area (Å²) in [6.07, 6.45) is 3.37. The van der Waals surface area contributed by atoms with Crippen molar-refractivity contribution in [3.8, 4) is 0 Å². The minimum atomic E-state index is 0.107. The molecule has 1 aromatic rings. The van der Waals surface area contributed by atoms with Gasteiger partial charge in [-0.1, -0.05) is 23.8 Å². The minimum absolute atomic E-state index is 0.107. The molecule has 1 rings (SSSR count). The summed E-state index contributed by atoms with van der Waals surface area (Å²) in [6, 6.07) is 2.01. The number of nitrogens with one attached hydrogen (secondary N) is 1. The van der Waals surface area contributed by atoms with E-state index < -0.39 is 0 Å². The second-order valence-corrected chi connectivity index (χ2v) is 3.37. The maximum Gasteiger partial charge on any atom is 0.0640 e. The van der Waals surface area contributed by atoms with Crippen molar-refractivity contribution in [3.63, 3.8) is 0 Å². The first-order chi connectivity index (χ1) is 6.16. The average Bonchev–Trinajstić information content (AvgIpc) is 2.09. The molecule has 70 valence electrons. The molecule has 1 N–H and O–H groups in total. The van der Waals surface area contributed by atoms with Gasteiger partial charge in [-0.25, -0.2) is 0 Å². The third-order valence-electron chi connectivity index (χ3n) is 1.90. The van der Waals surface area contributed by atoms with E-state index in [1.165, 1.54) is 0 Å². The molecule has 13 heavy (non-hydrogen) atoms. The van der Waals surface area contributed by atoms with Crippen LogP contribution in [0.4, 0.5) is 0 Å². The molecule has 0 aromatic carbocycles. The third kappa shape index (κ3) is 2.29. The van der Waals surface area contributed by atoms with E-state index in [1.54, 1.807) is 12.4 Å². The second kappa shape index (κ2) is 4.40. The Morgan fingerprint density at radius 2 is 2.38 bits per heavy atom. The summed E-state index contributed by atoms with van der Waals surface area (Å²) in [5.74, 6) is 0. The van der Waals surface area contributed by atoms with Gasteiger partial charge in [0.25, 0.3) is 0 Å². The zero-order valence-corrected chi connectivity index (χ0v) is 8.60. The van der Waals surface area contributed by atoms with Gasteiger partial charge >= 0.3 is 0 Å². The lowest BCUT2D eigenvalue weighted by Gasteiger charge is -2.17. The average molecular weight is 197 g/mol. The Bertz CT molecular complexity index is 310. The van der Waals surface area contributed by atoms with Crippen molar-refractivity contribution in [1.29, 1.82) is 0 Å². The molecule has 1 atom stereocenters. The highest BCUT2D eigenvalue weighted by molar-refractivity contribution is 6.31. The highest BCUT2D eigenvalue weighted by atomic mass is 35.5. The van der Waals surface area contributed by atoms with Crippen LogP contribution in [0, 0.1) is 0 Å². The molecule has 0 aliphatic carbocycles. The molecule has 0 saturated carbocycles. The van der Waals surface area contributed by atoms with Crippen LogP contribution in [0.2, 0.25) is 5.02 Å². The van der Waals surface area contributed by atoms with Gasteiger partial charge in [-0.15, -0.1) is 0 Å². The van der Waals surface area contributed by atoms with Crippen molar-refractivity contribution in [1.82, 2.24) is 10.3 Å². The Labute approximate surface area is 83.6 Å². The molecular formula is C10H13ClN2. The van der Waals surface area contributed by atoms with Crippen LogP contribution in [0.5, 0.6) is 0 Å². The fourth-order valence-electron chi connectivity index (χ4n) is 1.29. The number of nitrogens with zero attached hydrogens (tertiary/aromatic N) is 1. The van der Waals surface area contributed by atoms with E-state index in [2.05, 4.69) is 16.9 Å². The molecule has 0 aliphatic rings. The molecule has 0 spiro atoms. The number of aromatic nitrogens is 1. The quantitative estimate of drug-likeness (QED) is 0.752. The highest BCUT2D eigenvalue weighted by Gasteiger charge is 2.12. The summed E-state index contributed by atoms with van der Waals surface area (Å²) >= 11 is 6.00. The standard InChI is InChI=1S/C10H13ClN2/c1-7(2)10(12-3)8-4-5-13-6-9(8)11/h4-6,10,12H,1H2,2-3H3. The Morgan fingerprint density at radius 3 is 2.85 bits per heavy atom. The molecule has 0 amide bonds. The second-order valence-electron chi connectivity index (χ2n) is 2.97. The number of pyridine rings is 1. The Balaban J connectivity index is 3.04. The lowest BCUT2D eigenvalue weighted by molar-refractivity contribution is 0.679. The van der Waals surface area contributed by atoms with Gasteiger partial charge in [0.05, 0.1) is 11.1 Å². The first-order valence-corrected chi connectivity index (χ1v) is 4.46. The fourth-order valence-corrected chi connectivity index (χ4v) is 1.52. The van der Waals surface area contributed by atoms with E-state index in [4.69, 9.17) is 11.6 Å². The predicted octanol–water partition coefficient (Wildman–Crippen LogP) is 2.57. The monoisotopic (exact) mass is 196 g/mol. The number of hydrogen-bond acceptors (Lipinski definition) is 2. The van der Waals surface area contributed by atoms with Gasteiger partial charge in [-0.05, 0) is 25.6 Å². The minimum Gasteiger partial charge on any atom is -0.310 e. The van der Waals surface area contributed by atoms with Gasteiger partial charge in [0, 0.05) is 12.4 Å². The van der Waals surface area contributed by atoms with Crippen LogP contribution in [0.25, 0.3) is 0 Å². The van der Waals surface area contributed by atoms with Crippen LogP contribution >= 0.6 is 11.6 Å². The molecule has 0 aliphatic heterocycles. The van der Waals surface area contributed by atoms with E-state index in [0.29, 0.717) is 5.02 Å². The maximum absolute atomic E-state index is 6.00.